The molecule has 1 fully saturated rings. The van der Waals surface area contributed by atoms with Crippen LogP contribution < -0.4 is 5.32 Å². The summed E-state index contributed by atoms with van der Waals surface area (Å²) < 4.78 is 38.3. The molecule has 0 bridgehead atoms. The number of carbonyl (C=O) groups is 2. The first-order valence-electron chi connectivity index (χ1n) is 11.9. The van der Waals surface area contributed by atoms with E-state index in [0.29, 0.717) is 35.4 Å². The molecule has 6 nitrogen and oxygen atoms in total. The van der Waals surface area contributed by atoms with Crippen LogP contribution in [0.2, 0.25) is 0 Å². The van der Waals surface area contributed by atoms with Gasteiger partial charge in [0.25, 0.3) is 11.8 Å². The molecule has 37 heavy (non-hydrogen) atoms. The number of nitrogens with one attached hydrogen (secondary N) is 1. The lowest BCUT2D eigenvalue weighted by Crippen LogP contribution is -2.37. The monoisotopic (exact) mass is 504 g/mol. The molecule has 0 radical (unpaired) electrons. The SMILES string of the molecule is O=C(Nc1ccc(C2CCN(C(=O)c3ccc(C(F)(F)F)cc3)CC2)cc1)c1ccnc2ncccc12. The molecule has 0 spiro atoms. The van der Waals surface area contributed by atoms with Gasteiger partial charge in [0, 0.05) is 42.1 Å². The molecule has 1 N–H and O–H groups in total. The molecule has 0 unspecified atom stereocenters. The Hall–Kier alpha value is -4.27. The van der Waals surface area contributed by atoms with E-state index in [0.717, 1.165) is 30.5 Å². The number of piperidine rings is 1. The molecule has 2 aromatic heterocycles. The van der Waals surface area contributed by atoms with E-state index in [1.54, 1.807) is 29.4 Å². The third kappa shape index (κ3) is 5.30. The number of halogens is 3. The number of anilines is 1. The third-order valence-electron chi connectivity index (χ3n) is 6.64. The zero-order valence-electron chi connectivity index (χ0n) is 19.7. The highest BCUT2D eigenvalue weighted by Gasteiger charge is 2.31. The van der Waals surface area contributed by atoms with Crippen molar-refractivity contribution in [2.75, 3.05) is 18.4 Å². The highest BCUT2D eigenvalue weighted by Crippen LogP contribution is 2.31. The smallest absolute Gasteiger partial charge is 0.339 e. The number of aromatic nitrogens is 2. The average Bonchev–Trinajstić information content (AvgIpc) is 2.92. The molecule has 1 aliphatic rings. The Balaban J connectivity index is 1.18. The van der Waals surface area contributed by atoms with E-state index in [1.807, 2.05) is 30.3 Å². The minimum absolute atomic E-state index is 0.247. The molecule has 2 amide bonds. The normalized spacial score (nSPS) is 14.5. The Morgan fingerprint density at radius 1 is 0.865 bits per heavy atom. The van der Waals surface area contributed by atoms with Gasteiger partial charge in [-0.25, -0.2) is 9.97 Å². The van der Waals surface area contributed by atoms with Crippen molar-refractivity contribution >= 4 is 28.5 Å². The van der Waals surface area contributed by atoms with Crippen LogP contribution in [0.25, 0.3) is 11.0 Å². The molecule has 5 rings (SSSR count). The maximum absolute atomic E-state index is 12.8. The van der Waals surface area contributed by atoms with Crippen LogP contribution in [0.15, 0.2) is 79.1 Å². The number of fused-ring (bicyclic) bond motifs is 1. The largest absolute Gasteiger partial charge is 0.416 e. The molecule has 0 aliphatic carbocycles. The maximum Gasteiger partial charge on any atom is 0.416 e. The van der Waals surface area contributed by atoms with E-state index < -0.39 is 11.7 Å². The molecule has 4 aromatic rings. The summed E-state index contributed by atoms with van der Waals surface area (Å²) >= 11 is 0. The Morgan fingerprint density at radius 3 is 2.22 bits per heavy atom. The first kappa shape index (κ1) is 24.4. The predicted molar refractivity (Wildman–Crippen MR) is 133 cm³/mol. The molecular formula is C28H23F3N4O2. The van der Waals surface area contributed by atoms with Gasteiger partial charge in [-0.15, -0.1) is 0 Å². The number of rotatable bonds is 4. The number of likely N-dealkylation sites (tertiary alicyclic amines) is 1. The van der Waals surface area contributed by atoms with E-state index in [9.17, 15) is 22.8 Å². The molecule has 2 aromatic carbocycles. The van der Waals surface area contributed by atoms with Gasteiger partial charge in [0.05, 0.1) is 11.1 Å². The van der Waals surface area contributed by atoms with Crippen LogP contribution in [0.3, 0.4) is 0 Å². The van der Waals surface area contributed by atoms with Crippen molar-refractivity contribution in [2.24, 2.45) is 0 Å². The van der Waals surface area contributed by atoms with Crippen molar-refractivity contribution in [3.05, 3.63) is 101 Å². The van der Waals surface area contributed by atoms with Gasteiger partial charge in [0.1, 0.15) is 0 Å². The van der Waals surface area contributed by atoms with Gasteiger partial charge in [-0.1, -0.05) is 12.1 Å². The number of alkyl halides is 3. The molecule has 9 heteroatoms. The average molecular weight is 505 g/mol. The summed E-state index contributed by atoms with van der Waals surface area (Å²) in [5.41, 5.74) is 2.26. The van der Waals surface area contributed by atoms with Gasteiger partial charge in [-0.2, -0.15) is 13.2 Å². The van der Waals surface area contributed by atoms with Gasteiger partial charge in [0.2, 0.25) is 0 Å². The Bertz CT molecular complexity index is 1420. The standard InChI is InChI=1S/C28H23F3N4O2/c29-28(30,31)21-7-3-20(4-8-21)27(37)35-16-12-19(13-17-35)18-5-9-22(10-6-18)34-26(36)24-11-15-33-25-23(24)2-1-14-32-25/h1-11,14-15,19H,12-13,16-17H2,(H,34,36). The predicted octanol–water partition coefficient (Wildman–Crippen LogP) is 5.92. The first-order valence-corrected chi connectivity index (χ1v) is 11.9. The molecule has 1 saturated heterocycles. The van der Waals surface area contributed by atoms with Crippen molar-refractivity contribution in [1.82, 2.24) is 14.9 Å². The fourth-order valence-electron chi connectivity index (χ4n) is 4.62. The molecule has 3 heterocycles. The zero-order chi connectivity index (χ0) is 26.0. The Morgan fingerprint density at radius 2 is 1.54 bits per heavy atom. The number of pyridine rings is 2. The highest BCUT2D eigenvalue weighted by molar-refractivity contribution is 6.11. The molecular weight excluding hydrogens is 481 g/mol. The summed E-state index contributed by atoms with van der Waals surface area (Å²) in [5.74, 6) is -0.260. The number of hydrogen-bond acceptors (Lipinski definition) is 4. The van der Waals surface area contributed by atoms with Crippen LogP contribution >= 0.6 is 0 Å². The summed E-state index contributed by atoms with van der Waals surface area (Å²) in [5, 5.41) is 3.59. The van der Waals surface area contributed by atoms with Crippen molar-refractivity contribution in [2.45, 2.75) is 24.9 Å². The highest BCUT2D eigenvalue weighted by atomic mass is 19.4. The van der Waals surface area contributed by atoms with E-state index >= 15 is 0 Å². The fraction of sp³-hybridized carbons (Fsp3) is 0.214. The number of hydrogen-bond donors (Lipinski definition) is 1. The molecule has 1 aliphatic heterocycles. The summed E-state index contributed by atoms with van der Waals surface area (Å²) in [4.78, 5) is 35.6. The first-order chi connectivity index (χ1) is 17.8. The lowest BCUT2D eigenvalue weighted by Gasteiger charge is -2.32. The van der Waals surface area contributed by atoms with Gasteiger partial charge in [0.15, 0.2) is 5.65 Å². The van der Waals surface area contributed by atoms with E-state index in [4.69, 9.17) is 0 Å². The molecule has 188 valence electrons. The van der Waals surface area contributed by atoms with Gasteiger partial charge < -0.3 is 10.2 Å². The van der Waals surface area contributed by atoms with Crippen LogP contribution in [0.4, 0.5) is 18.9 Å². The van der Waals surface area contributed by atoms with Gasteiger partial charge >= 0.3 is 6.18 Å². The summed E-state index contributed by atoms with van der Waals surface area (Å²) in [6.07, 6.45) is 0.248. The van der Waals surface area contributed by atoms with Crippen molar-refractivity contribution < 1.29 is 22.8 Å². The van der Waals surface area contributed by atoms with E-state index in [2.05, 4.69) is 15.3 Å². The van der Waals surface area contributed by atoms with Gasteiger partial charge in [-0.05, 0) is 78.9 Å². The molecule has 0 atom stereocenters. The zero-order valence-corrected chi connectivity index (χ0v) is 19.7. The van der Waals surface area contributed by atoms with Crippen molar-refractivity contribution in [3.8, 4) is 0 Å². The van der Waals surface area contributed by atoms with Crippen LogP contribution in [0.1, 0.15) is 50.6 Å². The number of nitrogens with zero attached hydrogens (tertiary/aromatic N) is 3. The van der Waals surface area contributed by atoms with Crippen LogP contribution in [-0.4, -0.2) is 39.8 Å². The van der Waals surface area contributed by atoms with E-state index in [-0.39, 0.29) is 23.3 Å². The fourth-order valence-corrected chi connectivity index (χ4v) is 4.62. The number of amides is 2. The van der Waals surface area contributed by atoms with Crippen LogP contribution in [0.5, 0.6) is 0 Å². The topological polar surface area (TPSA) is 75.2 Å². The second-order valence-corrected chi connectivity index (χ2v) is 8.95. The minimum atomic E-state index is -4.43. The van der Waals surface area contributed by atoms with Crippen molar-refractivity contribution in [3.63, 3.8) is 0 Å². The number of benzene rings is 2. The van der Waals surface area contributed by atoms with Crippen LogP contribution in [-0.2, 0) is 6.18 Å². The second kappa shape index (κ2) is 10.0. The third-order valence-corrected chi connectivity index (χ3v) is 6.64. The Kier molecular flexibility index (Phi) is 6.60. The number of carbonyl (C=O) groups excluding carboxylic acids is 2. The Labute approximate surface area is 211 Å². The van der Waals surface area contributed by atoms with Gasteiger partial charge in [-0.3, -0.25) is 9.59 Å². The lowest BCUT2D eigenvalue weighted by molar-refractivity contribution is -0.137. The van der Waals surface area contributed by atoms with Crippen LogP contribution in [0, 0.1) is 0 Å². The minimum Gasteiger partial charge on any atom is -0.339 e. The van der Waals surface area contributed by atoms with Crippen molar-refractivity contribution in [1.29, 1.82) is 0 Å². The quantitative estimate of drug-likeness (QED) is 0.374. The second-order valence-electron chi connectivity index (χ2n) is 8.95. The summed E-state index contributed by atoms with van der Waals surface area (Å²) in [6, 6.07) is 17.2. The lowest BCUT2D eigenvalue weighted by atomic mass is 9.89. The maximum atomic E-state index is 12.8. The molecule has 0 saturated carbocycles. The summed E-state index contributed by atoms with van der Waals surface area (Å²) in [7, 11) is 0. The summed E-state index contributed by atoms with van der Waals surface area (Å²) in [6.45, 7) is 1.04. The van der Waals surface area contributed by atoms with E-state index in [1.165, 1.54) is 12.1 Å².